The van der Waals surface area contributed by atoms with Crippen molar-refractivity contribution in [3.8, 4) is 0 Å². The highest BCUT2D eigenvalue weighted by Crippen LogP contribution is 2.32. The molecule has 0 N–H and O–H groups in total. The van der Waals surface area contributed by atoms with Crippen LogP contribution in [0.4, 0.5) is 0 Å². The van der Waals surface area contributed by atoms with E-state index in [1.807, 2.05) is 0 Å². The summed E-state index contributed by atoms with van der Waals surface area (Å²) in [5, 5.41) is 1.94. The molecule has 0 bridgehead atoms. The van der Waals surface area contributed by atoms with E-state index in [9.17, 15) is 8.42 Å². The topological polar surface area (TPSA) is 54.7 Å². The Bertz CT molecular complexity index is 745. The minimum absolute atomic E-state index is 0.0476. The van der Waals surface area contributed by atoms with Gasteiger partial charge < -0.3 is 0 Å². The van der Waals surface area contributed by atoms with Gasteiger partial charge in [0.1, 0.15) is 0 Å². The lowest BCUT2D eigenvalue weighted by atomic mass is 9.87. The molecule has 3 rings (SSSR count). The molecule has 2 aromatic heterocycles. The molecule has 116 valence electrons. The van der Waals surface area contributed by atoms with Gasteiger partial charge >= 0.3 is 0 Å². The van der Waals surface area contributed by atoms with Crippen molar-refractivity contribution in [2.24, 2.45) is 5.92 Å². The van der Waals surface area contributed by atoms with Gasteiger partial charge in [-0.25, -0.2) is 13.4 Å². The van der Waals surface area contributed by atoms with Crippen molar-refractivity contribution < 1.29 is 8.42 Å². The predicted octanol–water partition coefficient (Wildman–Crippen LogP) is 3.25. The van der Waals surface area contributed by atoms with E-state index in [0.717, 1.165) is 25.7 Å². The third-order valence-electron chi connectivity index (χ3n) is 4.30. The van der Waals surface area contributed by atoms with Crippen molar-refractivity contribution in [1.82, 2.24) is 13.7 Å². The van der Waals surface area contributed by atoms with Gasteiger partial charge in [0.15, 0.2) is 15.1 Å². The molecular formula is C13H18ClN3O2S2. The number of rotatable bonds is 3. The number of halogens is 1. The highest BCUT2D eigenvalue weighted by Gasteiger charge is 2.34. The first-order valence-electron chi connectivity index (χ1n) is 7.00. The van der Waals surface area contributed by atoms with Crippen molar-refractivity contribution in [1.29, 1.82) is 0 Å². The molecule has 1 saturated carbocycles. The normalized spacial score (nSPS) is 24.0. The number of hydrogen-bond donors (Lipinski definition) is 0. The first-order valence-corrected chi connectivity index (χ1v) is 9.70. The van der Waals surface area contributed by atoms with Crippen LogP contribution in [0.25, 0.3) is 4.96 Å². The zero-order chi connectivity index (χ0) is 15.2. The second-order valence-corrected chi connectivity index (χ2v) is 8.84. The maximum Gasteiger partial charge on any atom is 0.262 e. The van der Waals surface area contributed by atoms with Gasteiger partial charge in [-0.2, -0.15) is 4.31 Å². The summed E-state index contributed by atoms with van der Waals surface area (Å²) >= 11 is 7.44. The maximum atomic E-state index is 12.9. The quantitative estimate of drug-likeness (QED) is 0.856. The molecule has 2 heterocycles. The van der Waals surface area contributed by atoms with Crippen LogP contribution in [0.5, 0.6) is 0 Å². The van der Waals surface area contributed by atoms with Crippen molar-refractivity contribution in [2.45, 2.75) is 43.7 Å². The molecule has 0 aliphatic heterocycles. The average molecular weight is 348 g/mol. The SMILES string of the molecule is CC1CCC(N(C)S(=O)(=O)c2c(Cl)nc3sccn23)CC1. The Labute approximate surface area is 133 Å². The molecule has 8 heteroatoms. The molecule has 0 amide bonds. The summed E-state index contributed by atoms with van der Waals surface area (Å²) in [7, 11) is -1.98. The van der Waals surface area contributed by atoms with Crippen LogP contribution >= 0.6 is 22.9 Å². The van der Waals surface area contributed by atoms with Gasteiger partial charge in [-0.3, -0.25) is 4.40 Å². The van der Waals surface area contributed by atoms with E-state index in [4.69, 9.17) is 11.6 Å². The van der Waals surface area contributed by atoms with Crippen LogP contribution in [0.15, 0.2) is 16.6 Å². The molecule has 0 aromatic carbocycles. The highest BCUT2D eigenvalue weighted by atomic mass is 35.5. The summed E-state index contributed by atoms with van der Waals surface area (Å²) in [4.78, 5) is 4.72. The minimum Gasteiger partial charge on any atom is -0.279 e. The third kappa shape index (κ3) is 2.60. The van der Waals surface area contributed by atoms with Gasteiger partial charge in [0.05, 0.1) is 0 Å². The lowest BCUT2D eigenvalue weighted by Crippen LogP contribution is -2.39. The lowest BCUT2D eigenvalue weighted by molar-refractivity contribution is 0.245. The van der Waals surface area contributed by atoms with Gasteiger partial charge in [0.25, 0.3) is 10.0 Å². The van der Waals surface area contributed by atoms with Crippen LogP contribution in [0.3, 0.4) is 0 Å². The Kier molecular flexibility index (Phi) is 4.02. The number of thiazole rings is 1. The van der Waals surface area contributed by atoms with Crippen molar-refractivity contribution in [2.75, 3.05) is 7.05 Å². The smallest absolute Gasteiger partial charge is 0.262 e. The van der Waals surface area contributed by atoms with E-state index in [-0.39, 0.29) is 16.2 Å². The molecule has 0 unspecified atom stereocenters. The van der Waals surface area contributed by atoms with Crippen LogP contribution in [-0.2, 0) is 10.0 Å². The number of nitrogens with zero attached hydrogens (tertiary/aromatic N) is 3. The fraction of sp³-hybridized carbons (Fsp3) is 0.615. The lowest BCUT2D eigenvalue weighted by Gasteiger charge is -2.32. The van der Waals surface area contributed by atoms with E-state index in [0.29, 0.717) is 10.9 Å². The first-order chi connectivity index (χ1) is 9.91. The van der Waals surface area contributed by atoms with Gasteiger partial charge in [-0.15, -0.1) is 11.3 Å². The monoisotopic (exact) mass is 347 g/mol. The van der Waals surface area contributed by atoms with Crippen LogP contribution < -0.4 is 0 Å². The summed E-state index contributed by atoms with van der Waals surface area (Å²) in [5.41, 5.74) is 0. The Morgan fingerprint density at radius 1 is 1.38 bits per heavy atom. The summed E-state index contributed by atoms with van der Waals surface area (Å²) < 4.78 is 28.8. The minimum atomic E-state index is -3.63. The number of imidazole rings is 1. The molecule has 0 radical (unpaired) electrons. The Balaban J connectivity index is 1.96. The Morgan fingerprint density at radius 3 is 2.71 bits per heavy atom. The Morgan fingerprint density at radius 2 is 2.05 bits per heavy atom. The van der Waals surface area contributed by atoms with Crippen LogP contribution in [0.2, 0.25) is 5.15 Å². The molecule has 0 spiro atoms. The fourth-order valence-electron chi connectivity index (χ4n) is 2.91. The molecule has 1 fully saturated rings. The molecular weight excluding hydrogens is 330 g/mol. The van der Waals surface area contributed by atoms with E-state index in [2.05, 4.69) is 11.9 Å². The molecule has 0 saturated heterocycles. The number of hydrogen-bond acceptors (Lipinski definition) is 4. The third-order valence-corrected chi connectivity index (χ3v) is 7.37. The van der Waals surface area contributed by atoms with Crippen molar-refractivity contribution in [3.63, 3.8) is 0 Å². The molecule has 5 nitrogen and oxygen atoms in total. The Hall–Kier alpha value is -0.630. The average Bonchev–Trinajstić information content (AvgIpc) is 2.98. The van der Waals surface area contributed by atoms with E-state index < -0.39 is 10.0 Å². The van der Waals surface area contributed by atoms with Gasteiger partial charge in [-0.1, -0.05) is 18.5 Å². The summed E-state index contributed by atoms with van der Waals surface area (Å²) in [6.45, 7) is 2.22. The maximum absolute atomic E-state index is 12.9. The first kappa shape index (κ1) is 15.3. The van der Waals surface area contributed by atoms with Crippen molar-refractivity contribution in [3.05, 3.63) is 16.7 Å². The second-order valence-electron chi connectivity index (χ2n) is 5.70. The van der Waals surface area contributed by atoms with Crippen LogP contribution in [0, 0.1) is 5.92 Å². The molecule has 1 aliphatic carbocycles. The summed E-state index contributed by atoms with van der Waals surface area (Å²) in [5.74, 6) is 0.680. The molecule has 1 aliphatic rings. The van der Waals surface area contributed by atoms with Crippen LogP contribution in [-0.4, -0.2) is 35.2 Å². The fourth-order valence-corrected chi connectivity index (χ4v) is 5.72. The zero-order valence-electron chi connectivity index (χ0n) is 12.0. The summed E-state index contributed by atoms with van der Waals surface area (Å²) in [6.07, 6.45) is 5.64. The molecule has 2 aromatic rings. The highest BCUT2D eigenvalue weighted by molar-refractivity contribution is 7.89. The number of sulfonamides is 1. The molecule has 21 heavy (non-hydrogen) atoms. The number of aromatic nitrogens is 2. The largest absolute Gasteiger partial charge is 0.279 e. The number of fused-ring (bicyclic) bond motifs is 1. The molecule has 0 atom stereocenters. The van der Waals surface area contributed by atoms with Gasteiger partial charge in [0, 0.05) is 24.7 Å². The standard InChI is InChI=1S/C13H18ClN3O2S2/c1-9-3-5-10(6-4-9)16(2)21(18,19)12-11(14)15-13-17(12)7-8-20-13/h7-10H,3-6H2,1-2H3. The second kappa shape index (κ2) is 5.53. The van der Waals surface area contributed by atoms with E-state index >= 15 is 0 Å². The zero-order valence-corrected chi connectivity index (χ0v) is 14.4. The van der Waals surface area contributed by atoms with Gasteiger partial charge in [-0.05, 0) is 31.6 Å². The van der Waals surface area contributed by atoms with Gasteiger partial charge in [0.2, 0.25) is 0 Å². The van der Waals surface area contributed by atoms with E-state index in [1.54, 1.807) is 23.0 Å². The van der Waals surface area contributed by atoms with Crippen molar-refractivity contribution >= 4 is 37.9 Å². The van der Waals surface area contributed by atoms with Crippen LogP contribution in [0.1, 0.15) is 32.6 Å². The van der Waals surface area contributed by atoms with E-state index in [1.165, 1.54) is 15.6 Å². The predicted molar refractivity (Wildman–Crippen MR) is 84.4 cm³/mol. The summed E-state index contributed by atoms with van der Waals surface area (Å²) in [6, 6.07) is 0.0476.